The van der Waals surface area contributed by atoms with Crippen LogP contribution in [-0.2, 0) is 9.53 Å². The standard InChI is InChI=1S/C21H27N5O3/c1-13-6-7-22-21(23-13)24-19-14(2)20(28)26(15(3)27)18-5-4-16(12-17(18)19)25-8-10-29-11-9-25/h4-7,12,14,19-20,28H,8-11H2,1-3H3,(H,22,23,24)/t14-,19-,20+/m1/s1. The highest BCUT2D eigenvalue weighted by Crippen LogP contribution is 2.43. The molecule has 1 aromatic heterocycles. The Kier molecular flexibility index (Phi) is 5.38. The van der Waals surface area contributed by atoms with Gasteiger partial charge in [0.1, 0.15) is 6.23 Å². The third-order valence-corrected chi connectivity index (χ3v) is 5.66. The van der Waals surface area contributed by atoms with Crippen molar-refractivity contribution in [3.05, 3.63) is 41.7 Å². The number of amides is 1. The Hall–Kier alpha value is -2.71. The lowest BCUT2D eigenvalue weighted by Gasteiger charge is -2.43. The van der Waals surface area contributed by atoms with E-state index in [-0.39, 0.29) is 17.9 Å². The summed E-state index contributed by atoms with van der Waals surface area (Å²) in [4.78, 5) is 24.8. The molecule has 2 aliphatic heterocycles. The van der Waals surface area contributed by atoms with Crippen molar-refractivity contribution in [2.24, 2.45) is 5.92 Å². The minimum atomic E-state index is -0.934. The Morgan fingerprint density at radius 3 is 2.72 bits per heavy atom. The second-order valence-electron chi connectivity index (χ2n) is 7.65. The van der Waals surface area contributed by atoms with Gasteiger partial charge in [0.25, 0.3) is 0 Å². The number of fused-ring (bicyclic) bond motifs is 1. The Balaban J connectivity index is 1.76. The predicted octanol–water partition coefficient (Wildman–Crippen LogP) is 2.10. The first kappa shape index (κ1) is 19.6. The number of aliphatic hydroxyl groups is 1. The van der Waals surface area contributed by atoms with Crippen molar-refractivity contribution in [3.8, 4) is 0 Å². The summed E-state index contributed by atoms with van der Waals surface area (Å²) in [5.74, 6) is 0.0680. The van der Waals surface area contributed by atoms with Gasteiger partial charge in [0.05, 0.1) is 24.9 Å². The van der Waals surface area contributed by atoms with E-state index in [2.05, 4.69) is 26.3 Å². The molecule has 154 valence electrons. The fraction of sp³-hybridized carbons (Fsp3) is 0.476. The summed E-state index contributed by atoms with van der Waals surface area (Å²) < 4.78 is 5.47. The van der Waals surface area contributed by atoms with E-state index < -0.39 is 6.23 Å². The number of morpholine rings is 1. The zero-order valence-corrected chi connectivity index (χ0v) is 17.0. The molecule has 1 aromatic carbocycles. The van der Waals surface area contributed by atoms with Gasteiger partial charge in [-0.15, -0.1) is 0 Å². The van der Waals surface area contributed by atoms with Gasteiger partial charge in [-0.2, -0.15) is 0 Å². The maximum Gasteiger partial charge on any atom is 0.225 e. The third-order valence-electron chi connectivity index (χ3n) is 5.66. The van der Waals surface area contributed by atoms with Crippen LogP contribution in [0.4, 0.5) is 17.3 Å². The molecule has 2 aromatic rings. The Morgan fingerprint density at radius 2 is 2.03 bits per heavy atom. The summed E-state index contributed by atoms with van der Waals surface area (Å²) in [5, 5.41) is 14.3. The number of carbonyl (C=O) groups is 1. The quantitative estimate of drug-likeness (QED) is 0.820. The zero-order valence-electron chi connectivity index (χ0n) is 17.0. The molecule has 3 atom stereocenters. The van der Waals surface area contributed by atoms with E-state index in [1.807, 2.05) is 32.0 Å². The Morgan fingerprint density at radius 1 is 1.28 bits per heavy atom. The molecule has 0 saturated carbocycles. The number of aromatic nitrogens is 2. The van der Waals surface area contributed by atoms with Crippen molar-refractivity contribution in [1.29, 1.82) is 0 Å². The van der Waals surface area contributed by atoms with Crippen LogP contribution < -0.4 is 15.1 Å². The van der Waals surface area contributed by atoms with Crippen LogP contribution in [0, 0.1) is 12.8 Å². The topological polar surface area (TPSA) is 90.8 Å². The van der Waals surface area contributed by atoms with Crippen molar-refractivity contribution in [2.45, 2.75) is 33.0 Å². The van der Waals surface area contributed by atoms with Crippen molar-refractivity contribution in [1.82, 2.24) is 9.97 Å². The Labute approximate surface area is 170 Å². The lowest BCUT2D eigenvalue weighted by molar-refractivity contribution is -0.119. The van der Waals surface area contributed by atoms with E-state index in [0.29, 0.717) is 24.8 Å². The van der Waals surface area contributed by atoms with Crippen LogP contribution in [-0.4, -0.2) is 53.5 Å². The molecule has 29 heavy (non-hydrogen) atoms. The summed E-state index contributed by atoms with van der Waals surface area (Å²) in [7, 11) is 0. The fourth-order valence-corrected chi connectivity index (χ4v) is 4.08. The van der Waals surface area contributed by atoms with Crippen LogP contribution >= 0.6 is 0 Å². The van der Waals surface area contributed by atoms with Gasteiger partial charge in [-0.3, -0.25) is 9.69 Å². The number of ether oxygens (including phenoxy) is 1. The number of rotatable bonds is 3. The number of benzene rings is 1. The average molecular weight is 397 g/mol. The summed E-state index contributed by atoms with van der Waals surface area (Å²) in [5.41, 5.74) is 3.60. The molecule has 0 aliphatic carbocycles. The smallest absolute Gasteiger partial charge is 0.225 e. The highest BCUT2D eigenvalue weighted by atomic mass is 16.5. The van der Waals surface area contributed by atoms with Gasteiger partial charge >= 0.3 is 0 Å². The van der Waals surface area contributed by atoms with E-state index in [0.717, 1.165) is 30.0 Å². The molecule has 4 rings (SSSR count). The lowest BCUT2D eigenvalue weighted by Crippen LogP contribution is -2.50. The monoisotopic (exact) mass is 397 g/mol. The van der Waals surface area contributed by atoms with Crippen LogP contribution in [0.25, 0.3) is 0 Å². The number of hydrogen-bond acceptors (Lipinski definition) is 7. The van der Waals surface area contributed by atoms with E-state index >= 15 is 0 Å². The summed E-state index contributed by atoms with van der Waals surface area (Å²) >= 11 is 0. The van der Waals surface area contributed by atoms with E-state index in [1.165, 1.54) is 11.8 Å². The van der Waals surface area contributed by atoms with E-state index in [4.69, 9.17) is 4.74 Å². The fourth-order valence-electron chi connectivity index (χ4n) is 4.08. The molecule has 1 fully saturated rings. The van der Waals surface area contributed by atoms with Gasteiger partial charge in [-0.25, -0.2) is 9.97 Å². The van der Waals surface area contributed by atoms with Gasteiger partial charge in [0, 0.05) is 49.1 Å². The molecule has 2 aliphatic rings. The maximum absolute atomic E-state index is 12.3. The lowest BCUT2D eigenvalue weighted by atomic mass is 9.86. The molecule has 1 saturated heterocycles. The van der Waals surface area contributed by atoms with E-state index in [9.17, 15) is 9.90 Å². The number of carbonyl (C=O) groups excluding carboxylic acids is 1. The molecule has 8 nitrogen and oxygen atoms in total. The number of nitrogens with zero attached hydrogens (tertiary/aromatic N) is 4. The molecule has 1 amide bonds. The van der Waals surface area contributed by atoms with Crippen molar-refractivity contribution >= 4 is 23.2 Å². The summed E-state index contributed by atoms with van der Waals surface area (Å²) in [6.07, 6.45) is 0.776. The minimum absolute atomic E-state index is 0.185. The molecule has 0 spiro atoms. The van der Waals surface area contributed by atoms with Gasteiger partial charge < -0.3 is 20.1 Å². The molecule has 0 bridgehead atoms. The second-order valence-corrected chi connectivity index (χ2v) is 7.65. The molecule has 8 heteroatoms. The minimum Gasteiger partial charge on any atom is -0.378 e. The molecular weight excluding hydrogens is 370 g/mol. The number of aryl methyl sites for hydroxylation is 1. The number of hydrogen-bond donors (Lipinski definition) is 2. The van der Waals surface area contributed by atoms with Gasteiger partial charge in [0.2, 0.25) is 11.9 Å². The van der Waals surface area contributed by atoms with Crippen molar-refractivity contribution in [2.75, 3.05) is 41.4 Å². The van der Waals surface area contributed by atoms with Gasteiger partial charge in [0.15, 0.2) is 0 Å². The predicted molar refractivity (Wildman–Crippen MR) is 111 cm³/mol. The average Bonchev–Trinajstić information content (AvgIpc) is 2.72. The van der Waals surface area contributed by atoms with Crippen LogP contribution in [0.3, 0.4) is 0 Å². The second kappa shape index (κ2) is 7.96. The number of aliphatic hydroxyl groups excluding tert-OH is 1. The Bertz CT molecular complexity index is 900. The van der Waals surface area contributed by atoms with Gasteiger partial charge in [-0.1, -0.05) is 6.92 Å². The van der Waals surface area contributed by atoms with Crippen LogP contribution in [0.2, 0.25) is 0 Å². The summed E-state index contributed by atoms with van der Waals surface area (Å²) in [6, 6.07) is 7.63. The molecule has 2 N–H and O–H groups in total. The van der Waals surface area contributed by atoms with Crippen molar-refractivity contribution in [3.63, 3.8) is 0 Å². The van der Waals surface area contributed by atoms with Crippen LogP contribution in [0.5, 0.6) is 0 Å². The third kappa shape index (κ3) is 3.77. The molecular formula is C21H27N5O3. The largest absolute Gasteiger partial charge is 0.378 e. The SMILES string of the molecule is CC(=O)N1c2ccc(N3CCOCC3)cc2[C@H](Nc2nccc(C)n2)[C@@H](C)[C@@H]1O. The highest BCUT2D eigenvalue weighted by molar-refractivity contribution is 5.94. The maximum atomic E-state index is 12.3. The van der Waals surface area contributed by atoms with E-state index in [1.54, 1.807) is 6.20 Å². The number of nitrogens with one attached hydrogen (secondary N) is 1. The molecule has 0 radical (unpaired) electrons. The first-order valence-electron chi connectivity index (χ1n) is 9.96. The highest BCUT2D eigenvalue weighted by Gasteiger charge is 2.40. The number of anilines is 3. The van der Waals surface area contributed by atoms with Crippen LogP contribution in [0.1, 0.15) is 31.1 Å². The van der Waals surface area contributed by atoms with Crippen LogP contribution in [0.15, 0.2) is 30.5 Å². The molecule has 0 unspecified atom stereocenters. The summed E-state index contributed by atoms with van der Waals surface area (Å²) in [6.45, 7) is 8.37. The molecule has 3 heterocycles. The van der Waals surface area contributed by atoms with Gasteiger partial charge in [-0.05, 0) is 31.2 Å². The van der Waals surface area contributed by atoms with Crippen molar-refractivity contribution < 1.29 is 14.6 Å². The first-order valence-corrected chi connectivity index (χ1v) is 9.96. The normalized spacial score (nSPS) is 24.2. The zero-order chi connectivity index (χ0) is 20.5. The first-order chi connectivity index (χ1) is 14.0.